The fourth-order valence-electron chi connectivity index (χ4n) is 2.47. The summed E-state index contributed by atoms with van der Waals surface area (Å²) < 4.78 is 0. The van der Waals surface area contributed by atoms with E-state index in [1.807, 2.05) is 74.5 Å². The van der Waals surface area contributed by atoms with E-state index >= 15 is 0 Å². The molecule has 2 rings (SSSR count). The van der Waals surface area contributed by atoms with Crippen LogP contribution >= 0.6 is 0 Å². The number of amides is 2. The lowest BCUT2D eigenvalue weighted by Gasteiger charge is -2.06. The molecule has 0 saturated heterocycles. The quantitative estimate of drug-likeness (QED) is 0.516. The van der Waals surface area contributed by atoms with Gasteiger partial charge in [-0.15, -0.1) is 0 Å². The summed E-state index contributed by atoms with van der Waals surface area (Å²) in [6, 6.07) is 19.7. The van der Waals surface area contributed by atoms with Crippen LogP contribution in [0.15, 0.2) is 70.9 Å². The van der Waals surface area contributed by atoms with E-state index in [1.165, 1.54) is 0 Å². The molecule has 0 aliphatic heterocycles. The summed E-state index contributed by atoms with van der Waals surface area (Å²) in [4.78, 5) is 23.6. The average molecular weight is 378 g/mol. The van der Waals surface area contributed by atoms with Crippen LogP contribution in [0.1, 0.15) is 49.7 Å². The van der Waals surface area contributed by atoms with Crippen molar-refractivity contribution in [3.63, 3.8) is 0 Å². The van der Waals surface area contributed by atoms with Crippen molar-refractivity contribution in [1.82, 2.24) is 10.9 Å². The van der Waals surface area contributed by atoms with Gasteiger partial charge in [-0.05, 0) is 11.1 Å². The number of benzene rings is 2. The van der Waals surface area contributed by atoms with Gasteiger partial charge < -0.3 is 0 Å². The SMILES string of the molecule is CC(C=NNC(=O)CCC(=O)NN=CC(C)c1ccccc1)c1ccccc1. The normalized spacial score (nSPS) is 13.4. The highest BCUT2D eigenvalue weighted by Crippen LogP contribution is 2.12. The van der Waals surface area contributed by atoms with Crippen LogP contribution in [0, 0.1) is 0 Å². The zero-order valence-electron chi connectivity index (χ0n) is 16.2. The molecule has 2 unspecified atom stereocenters. The summed E-state index contributed by atoms with van der Waals surface area (Å²) in [5.74, 6) is -0.446. The Hall–Kier alpha value is -3.28. The van der Waals surface area contributed by atoms with Gasteiger partial charge in [0.25, 0.3) is 0 Å². The Morgan fingerprint density at radius 3 is 1.46 bits per heavy atom. The van der Waals surface area contributed by atoms with E-state index in [9.17, 15) is 9.59 Å². The Morgan fingerprint density at radius 2 is 1.11 bits per heavy atom. The van der Waals surface area contributed by atoms with Gasteiger partial charge in [-0.3, -0.25) is 9.59 Å². The summed E-state index contributed by atoms with van der Waals surface area (Å²) >= 11 is 0. The van der Waals surface area contributed by atoms with Crippen LogP contribution in [0.25, 0.3) is 0 Å². The van der Waals surface area contributed by atoms with E-state index in [0.717, 1.165) is 11.1 Å². The molecule has 0 spiro atoms. The highest BCUT2D eigenvalue weighted by Gasteiger charge is 2.07. The standard InChI is InChI=1S/C22H26N4O2/c1-17(19-9-5-3-6-10-19)15-23-25-21(27)13-14-22(28)26-24-16-18(2)20-11-7-4-8-12-20/h3-12,15-18H,13-14H2,1-2H3,(H,25,27)(H,26,28). The van der Waals surface area contributed by atoms with Crippen molar-refractivity contribution >= 4 is 24.2 Å². The molecule has 0 heterocycles. The topological polar surface area (TPSA) is 82.9 Å². The number of hydrazone groups is 2. The highest BCUT2D eigenvalue weighted by atomic mass is 16.2. The number of carbonyl (C=O) groups excluding carboxylic acids is 2. The van der Waals surface area contributed by atoms with Crippen LogP contribution in [0.4, 0.5) is 0 Å². The number of carbonyl (C=O) groups is 2. The van der Waals surface area contributed by atoms with Gasteiger partial charge >= 0.3 is 0 Å². The van der Waals surface area contributed by atoms with Crippen LogP contribution in [0.5, 0.6) is 0 Å². The minimum absolute atomic E-state index is 0.0483. The van der Waals surface area contributed by atoms with Crippen molar-refractivity contribution in [1.29, 1.82) is 0 Å². The molecule has 2 N–H and O–H groups in total. The molecule has 6 heteroatoms. The Bertz CT molecular complexity index is 734. The molecule has 0 saturated carbocycles. The molecular formula is C22H26N4O2. The van der Waals surface area contributed by atoms with E-state index in [0.29, 0.717) is 0 Å². The lowest BCUT2D eigenvalue weighted by molar-refractivity contribution is -0.126. The monoisotopic (exact) mass is 378 g/mol. The zero-order chi connectivity index (χ0) is 20.2. The van der Waals surface area contributed by atoms with Crippen molar-refractivity contribution in [2.75, 3.05) is 0 Å². The molecule has 2 aromatic carbocycles. The number of rotatable bonds is 9. The maximum atomic E-state index is 11.8. The summed E-state index contributed by atoms with van der Waals surface area (Å²) in [7, 11) is 0. The van der Waals surface area contributed by atoms with Crippen molar-refractivity contribution in [3.05, 3.63) is 71.8 Å². The third-order valence-electron chi connectivity index (χ3n) is 4.20. The second-order valence-corrected chi connectivity index (χ2v) is 6.53. The summed E-state index contributed by atoms with van der Waals surface area (Å²) in [5, 5.41) is 7.92. The third-order valence-corrected chi connectivity index (χ3v) is 4.20. The molecule has 0 fully saturated rings. The fraction of sp³-hybridized carbons (Fsp3) is 0.273. The number of hydrogen-bond donors (Lipinski definition) is 2. The van der Waals surface area contributed by atoms with Crippen molar-refractivity contribution < 1.29 is 9.59 Å². The van der Waals surface area contributed by atoms with Gasteiger partial charge in [0.2, 0.25) is 11.8 Å². The van der Waals surface area contributed by atoms with Crippen LogP contribution in [-0.4, -0.2) is 24.2 Å². The number of nitrogens with one attached hydrogen (secondary N) is 2. The molecule has 0 aliphatic rings. The predicted molar refractivity (Wildman–Crippen MR) is 112 cm³/mol. The second kappa shape index (κ2) is 11.4. The third kappa shape index (κ3) is 7.53. The largest absolute Gasteiger partial charge is 0.273 e. The van der Waals surface area contributed by atoms with Crippen LogP contribution in [-0.2, 0) is 9.59 Å². The molecule has 2 atom stereocenters. The van der Waals surface area contributed by atoms with Gasteiger partial charge in [0.15, 0.2) is 0 Å². The first-order chi connectivity index (χ1) is 13.6. The lowest BCUT2D eigenvalue weighted by atomic mass is 10.0. The first kappa shape index (κ1) is 21.0. The smallest absolute Gasteiger partial charge is 0.240 e. The molecular weight excluding hydrogens is 352 g/mol. The Balaban J connectivity index is 1.66. The lowest BCUT2D eigenvalue weighted by Crippen LogP contribution is -2.23. The van der Waals surface area contributed by atoms with Crippen LogP contribution in [0.2, 0.25) is 0 Å². The fourth-order valence-corrected chi connectivity index (χ4v) is 2.47. The molecule has 2 aromatic rings. The van der Waals surface area contributed by atoms with Crippen LogP contribution in [0.3, 0.4) is 0 Å². The van der Waals surface area contributed by atoms with Gasteiger partial charge in [-0.2, -0.15) is 10.2 Å². The van der Waals surface area contributed by atoms with E-state index in [1.54, 1.807) is 12.4 Å². The maximum absolute atomic E-state index is 11.8. The summed E-state index contributed by atoms with van der Waals surface area (Å²) in [6.45, 7) is 3.99. The van der Waals surface area contributed by atoms with E-state index in [4.69, 9.17) is 0 Å². The minimum Gasteiger partial charge on any atom is -0.273 e. The Labute approximate surface area is 165 Å². The van der Waals surface area contributed by atoms with E-state index in [-0.39, 0.29) is 36.5 Å². The van der Waals surface area contributed by atoms with Gasteiger partial charge in [0.05, 0.1) is 0 Å². The van der Waals surface area contributed by atoms with Gasteiger partial charge in [-0.25, -0.2) is 10.9 Å². The first-order valence-electron chi connectivity index (χ1n) is 9.30. The van der Waals surface area contributed by atoms with E-state index < -0.39 is 0 Å². The summed E-state index contributed by atoms with van der Waals surface area (Å²) in [5.41, 5.74) is 7.12. The second-order valence-electron chi connectivity index (χ2n) is 6.53. The maximum Gasteiger partial charge on any atom is 0.240 e. The molecule has 0 bridgehead atoms. The molecule has 28 heavy (non-hydrogen) atoms. The predicted octanol–water partition coefficient (Wildman–Crippen LogP) is 3.58. The summed E-state index contributed by atoms with van der Waals surface area (Å²) in [6.07, 6.45) is 3.43. The number of hydrogen-bond acceptors (Lipinski definition) is 4. The first-order valence-corrected chi connectivity index (χ1v) is 9.30. The van der Waals surface area contributed by atoms with Crippen molar-refractivity contribution in [2.45, 2.75) is 38.5 Å². The van der Waals surface area contributed by atoms with Crippen LogP contribution < -0.4 is 10.9 Å². The van der Waals surface area contributed by atoms with E-state index in [2.05, 4.69) is 21.1 Å². The highest BCUT2D eigenvalue weighted by molar-refractivity contribution is 5.84. The molecule has 6 nitrogen and oxygen atoms in total. The number of nitrogens with zero attached hydrogens (tertiary/aromatic N) is 2. The van der Waals surface area contributed by atoms with Gasteiger partial charge in [-0.1, -0.05) is 74.5 Å². The van der Waals surface area contributed by atoms with Crippen molar-refractivity contribution in [3.8, 4) is 0 Å². The Kier molecular flexibility index (Phi) is 8.59. The molecule has 0 radical (unpaired) electrons. The average Bonchev–Trinajstić information content (AvgIpc) is 2.73. The van der Waals surface area contributed by atoms with Gasteiger partial charge in [0, 0.05) is 37.1 Å². The van der Waals surface area contributed by atoms with Gasteiger partial charge in [0.1, 0.15) is 0 Å². The zero-order valence-corrected chi connectivity index (χ0v) is 16.2. The molecule has 0 aromatic heterocycles. The Morgan fingerprint density at radius 1 is 0.750 bits per heavy atom. The molecule has 0 aliphatic carbocycles. The minimum atomic E-state index is -0.312. The molecule has 2 amide bonds. The molecule has 146 valence electrons. The van der Waals surface area contributed by atoms with Crippen molar-refractivity contribution in [2.24, 2.45) is 10.2 Å².